The summed E-state index contributed by atoms with van der Waals surface area (Å²) in [5.41, 5.74) is -1.49. The van der Waals surface area contributed by atoms with Crippen LogP contribution < -0.4 is 10.3 Å². The van der Waals surface area contributed by atoms with Crippen molar-refractivity contribution in [1.82, 2.24) is 4.98 Å². The molecule has 0 aliphatic heterocycles. The van der Waals surface area contributed by atoms with E-state index in [4.69, 9.17) is 11.6 Å². The summed E-state index contributed by atoms with van der Waals surface area (Å²) in [6.07, 6.45) is -4.91. The number of hydrogen-bond acceptors (Lipinski definition) is 3. The molecule has 0 aromatic carbocycles. The Hall–Kier alpha value is -0.770. The van der Waals surface area contributed by atoms with Crippen LogP contribution in [0.1, 0.15) is 10.4 Å². The summed E-state index contributed by atoms with van der Waals surface area (Å²) in [7, 11) is 0. The topological polar surface area (TPSA) is 59.2 Å². The molecule has 1 N–H and O–H groups in total. The zero-order chi connectivity index (χ0) is 12.5. The number of nitrogens with one attached hydrogen (secondary N) is 1. The Labute approximate surface area is 105 Å². The van der Waals surface area contributed by atoms with Crippen molar-refractivity contribution >= 4 is 39.4 Å². The Morgan fingerprint density at radius 2 is 2.06 bits per heavy atom. The summed E-state index contributed by atoms with van der Waals surface area (Å²) in [5, 5.41) is -1.16. The van der Waals surface area contributed by atoms with Crippen LogP contribution in [0.25, 0.3) is 0 Å². The number of H-pyrrole nitrogens is 1. The summed E-state index contributed by atoms with van der Waals surface area (Å²) in [4.78, 5) is 23.8. The predicted octanol–water partition coefficient (Wildman–Crippen LogP) is 2.26. The van der Waals surface area contributed by atoms with Crippen LogP contribution in [0, 0.1) is 3.70 Å². The molecule has 0 spiro atoms. The van der Waals surface area contributed by atoms with Gasteiger partial charge < -0.3 is 9.72 Å². The first-order valence-electron chi connectivity index (χ1n) is 3.59. The van der Waals surface area contributed by atoms with Gasteiger partial charge in [0.15, 0.2) is 5.75 Å². The number of rotatable bonds is 2. The highest BCUT2D eigenvalue weighted by Crippen LogP contribution is 2.26. The Bertz CT molecular complexity index is 485. The average Bonchev–Trinajstić information content (AvgIpc) is 2.07. The lowest BCUT2D eigenvalue weighted by molar-refractivity contribution is -0.275. The van der Waals surface area contributed by atoms with Crippen molar-refractivity contribution in [2.75, 3.05) is 0 Å². The lowest BCUT2D eigenvalue weighted by Gasteiger charge is -2.10. The number of aromatic amines is 1. The second kappa shape index (κ2) is 4.62. The SMILES string of the molecule is O=C(Cl)c1cc(OC(F)(F)F)c(I)[nH]c1=O. The maximum Gasteiger partial charge on any atom is 0.573 e. The van der Waals surface area contributed by atoms with Crippen molar-refractivity contribution in [2.24, 2.45) is 0 Å². The molecule has 0 unspecified atom stereocenters. The van der Waals surface area contributed by atoms with Crippen molar-refractivity contribution in [3.05, 3.63) is 25.7 Å². The third kappa shape index (κ3) is 3.37. The monoisotopic (exact) mass is 367 g/mol. The molecule has 16 heavy (non-hydrogen) atoms. The maximum atomic E-state index is 11.9. The smallest absolute Gasteiger partial charge is 0.403 e. The molecule has 1 heterocycles. The average molecular weight is 367 g/mol. The molecule has 1 rings (SSSR count). The lowest BCUT2D eigenvalue weighted by atomic mass is 10.3. The Morgan fingerprint density at radius 3 is 2.50 bits per heavy atom. The van der Waals surface area contributed by atoms with Gasteiger partial charge in [0.2, 0.25) is 0 Å². The predicted molar refractivity (Wildman–Crippen MR) is 56.6 cm³/mol. The van der Waals surface area contributed by atoms with E-state index >= 15 is 0 Å². The van der Waals surface area contributed by atoms with E-state index in [9.17, 15) is 22.8 Å². The number of pyridine rings is 1. The number of carbonyl (C=O) groups is 1. The van der Waals surface area contributed by atoms with Crippen LogP contribution in [0.2, 0.25) is 0 Å². The quantitative estimate of drug-likeness (QED) is 0.496. The summed E-state index contributed by atoms with van der Waals surface area (Å²) >= 11 is 6.44. The van der Waals surface area contributed by atoms with Crippen molar-refractivity contribution in [2.45, 2.75) is 6.36 Å². The normalized spacial score (nSPS) is 11.3. The first-order chi connectivity index (χ1) is 7.20. The molecule has 1 aromatic rings. The molecule has 0 aliphatic carbocycles. The van der Waals surface area contributed by atoms with E-state index in [1.54, 1.807) is 0 Å². The molecule has 1 aromatic heterocycles. The summed E-state index contributed by atoms with van der Waals surface area (Å²) in [5.74, 6) is -0.684. The molecule has 0 fully saturated rings. The lowest BCUT2D eigenvalue weighted by Crippen LogP contribution is -2.22. The maximum absolute atomic E-state index is 11.9. The first kappa shape index (κ1) is 13.3. The molecular weight excluding hydrogens is 365 g/mol. The minimum atomic E-state index is -4.91. The van der Waals surface area contributed by atoms with Gasteiger partial charge in [0, 0.05) is 6.07 Å². The molecule has 0 saturated heterocycles. The molecule has 88 valence electrons. The van der Waals surface area contributed by atoms with Crippen LogP contribution in [-0.2, 0) is 0 Å². The molecule has 9 heteroatoms. The van der Waals surface area contributed by atoms with E-state index in [0.29, 0.717) is 6.07 Å². The molecule has 0 radical (unpaired) electrons. The van der Waals surface area contributed by atoms with Gasteiger partial charge in [-0.2, -0.15) is 0 Å². The minimum Gasteiger partial charge on any atom is -0.403 e. The van der Waals surface area contributed by atoms with Gasteiger partial charge in [-0.05, 0) is 34.2 Å². The van der Waals surface area contributed by atoms with Gasteiger partial charge in [0.1, 0.15) is 9.26 Å². The third-order valence-corrected chi connectivity index (χ3v) is 2.40. The number of halogens is 5. The number of carbonyl (C=O) groups excluding carboxylic acids is 1. The molecule has 4 nitrogen and oxygen atoms in total. The minimum absolute atomic E-state index is 0.179. The van der Waals surface area contributed by atoms with E-state index in [0.717, 1.165) is 0 Å². The van der Waals surface area contributed by atoms with Gasteiger partial charge in [-0.3, -0.25) is 9.59 Å². The van der Waals surface area contributed by atoms with Crippen LogP contribution in [0.4, 0.5) is 13.2 Å². The molecule has 0 aliphatic rings. The van der Waals surface area contributed by atoms with Crippen LogP contribution in [0.3, 0.4) is 0 Å². The van der Waals surface area contributed by atoms with E-state index in [1.807, 2.05) is 4.98 Å². The van der Waals surface area contributed by atoms with Crippen molar-refractivity contribution < 1.29 is 22.7 Å². The fourth-order valence-corrected chi connectivity index (χ4v) is 1.48. The van der Waals surface area contributed by atoms with Crippen molar-refractivity contribution in [1.29, 1.82) is 0 Å². The van der Waals surface area contributed by atoms with Crippen LogP contribution in [-0.4, -0.2) is 16.6 Å². The van der Waals surface area contributed by atoms with E-state index < -0.39 is 28.5 Å². The largest absolute Gasteiger partial charge is 0.573 e. The standard InChI is InChI=1S/C7H2ClF3INO3/c8-4(14)2-1-3(16-7(9,10)11)5(12)13-6(2)15/h1H,(H,13,15). The molecule has 0 amide bonds. The highest BCUT2D eigenvalue weighted by molar-refractivity contribution is 14.1. The first-order valence-corrected chi connectivity index (χ1v) is 5.05. The Balaban J connectivity index is 3.26. The zero-order valence-electron chi connectivity index (χ0n) is 7.19. The molecule has 0 saturated carbocycles. The van der Waals surface area contributed by atoms with Crippen molar-refractivity contribution in [3.8, 4) is 5.75 Å². The zero-order valence-corrected chi connectivity index (χ0v) is 10.1. The van der Waals surface area contributed by atoms with Gasteiger partial charge in [0.25, 0.3) is 10.8 Å². The van der Waals surface area contributed by atoms with Gasteiger partial charge in [-0.1, -0.05) is 0 Å². The second-order valence-electron chi connectivity index (χ2n) is 2.51. The summed E-state index contributed by atoms with van der Waals surface area (Å²) < 4.78 is 39.2. The van der Waals surface area contributed by atoms with Crippen LogP contribution >= 0.6 is 34.2 Å². The van der Waals surface area contributed by atoms with Gasteiger partial charge >= 0.3 is 6.36 Å². The molecule has 0 atom stereocenters. The number of alkyl halides is 3. The summed E-state index contributed by atoms with van der Waals surface area (Å²) in [6, 6.07) is 0.642. The molecule has 0 bridgehead atoms. The van der Waals surface area contributed by atoms with E-state index in [1.165, 1.54) is 22.6 Å². The van der Waals surface area contributed by atoms with Crippen molar-refractivity contribution in [3.63, 3.8) is 0 Å². The second-order valence-corrected chi connectivity index (χ2v) is 3.93. The molecular formula is C7H2ClF3INO3. The fraction of sp³-hybridized carbons (Fsp3) is 0.143. The van der Waals surface area contributed by atoms with E-state index in [2.05, 4.69) is 4.74 Å². The highest BCUT2D eigenvalue weighted by Gasteiger charge is 2.32. The fourth-order valence-electron chi connectivity index (χ4n) is 0.834. The Kier molecular flexibility index (Phi) is 3.84. The number of ether oxygens (including phenoxy) is 1. The number of aromatic nitrogens is 1. The van der Waals surface area contributed by atoms with Gasteiger partial charge in [-0.15, -0.1) is 13.2 Å². The summed E-state index contributed by atoms with van der Waals surface area (Å²) in [6.45, 7) is 0. The van der Waals surface area contributed by atoms with Gasteiger partial charge in [-0.25, -0.2) is 0 Å². The third-order valence-electron chi connectivity index (χ3n) is 1.40. The van der Waals surface area contributed by atoms with Gasteiger partial charge in [0.05, 0.1) is 0 Å². The Morgan fingerprint density at radius 1 is 1.50 bits per heavy atom. The van der Waals surface area contributed by atoms with Crippen LogP contribution in [0.5, 0.6) is 5.75 Å². The highest BCUT2D eigenvalue weighted by atomic mass is 127. The van der Waals surface area contributed by atoms with Crippen LogP contribution in [0.15, 0.2) is 10.9 Å². The number of hydrogen-bond donors (Lipinski definition) is 1. The van der Waals surface area contributed by atoms with E-state index in [-0.39, 0.29) is 3.70 Å².